The third kappa shape index (κ3) is 3.33. The maximum atomic E-state index is 13.5. The molecule has 0 aliphatic heterocycles. The molecule has 7 heteroatoms. The third-order valence-electron chi connectivity index (χ3n) is 2.83. The zero-order valence-electron chi connectivity index (χ0n) is 10.8. The molecule has 0 saturated heterocycles. The summed E-state index contributed by atoms with van der Waals surface area (Å²) in [4.78, 5) is 19.0. The monoisotopic (exact) mass is 277 g/mol. The molecule has 0 unspecified atom stereocenters. The quantitative estimate of drug-likeness (QED) is 0.362. The lowest BCUT2D eigenvalue weighted by Gasteiger charge is -2.10. The Hall–Kier alpha value is -2.41. The van der Waals surface area contributed by atoms with Crippen molar-refractivity contribution in [2.24, 2.45) is 5.84 Å². The molecule has 0 fully saturated rings. The number of nitrogens with zero attached hydrogens (tertiary/aromatic N) is 1. The highest BCUT2D eigenvalue weighted by atomic mass is 19.1. The molecule has 0 saturated carbocycles. The summed E-state index contributed by atoms with van der Waals surface area (Å²) >= 11 is 0. The zero-order valence-corrected chi connectivity index (χ0v) is 10.8. The minimum absolute atomic E-state index is 0.00367. The van der Waals surface area contributed by atoms with Gasteiger partial charge in [0.05, 0.1) is 11.3 Å². The molecule has 0 atom stereocenters. The molecule has 20 heavy (non-hydrogen) atoms. The van der Waals surface area contributed by atoms with Gasteiger partial charge in [-0.2, -0.15) is 0 Å². The number of anilines is 1. The summed E-state index contributed by atoms with van der Waals surface area (Å²) in [7, 11) is 0. The average molecular weight is 277 g/mol. The van der Waals surface area contributed by atoms with Crippen LogP contribution in [0.5, 0.6) is 0 Å². The first-order valence-corrected chi connectivity index (χ1v) is 6.24. The summed E-state index contributed by atoms with van der Waals surface area (Å²) in [5.74, 6) is 5.17. The molecule has 1 aromatic carbocycles. The topological polar surface area (TPSA) is 95.8 Å². The van der Waals surface area contributed by atoms with E-state index in [2.05, 4.69) is 20.7 Å². The molecule has 1 aromatic heterocycles. The van der Waals surface area contributed by atoms with Gasteiger partial charge < -0.3 is 15.7 Å². The van der Waals surface area contributed by atoms with Crippen molar-refractivity contribution in [2.75, 3.05) is 12.0 Å². The molecule has 5 N–H and O–H groups in total. The molecule has 1 amide bonds. The Labute approximate surface area is 115 Å². The van der Waals surface area contributed by atoms with E-state index in [-0.39, 0.29) is 17.2 Å². The van der Waals surface area contributed by atoms with Gasteiger partial charge in [-0.25, -0.2) is 9.37 Å². The number of nitrogen functional groups attached to an aromatic ring is 1. The first kappa shape index (κ1) is 14.0. The van der Waals surface area contributed by atoms with Crippen LogP contribution in [0.1, 0.15) is 22.6 Å². The van der Waals surface area contributed by atoms with Gasteiger partial charge in [-0.05, 0) is 18.6 Å². The van der Waals surface area contributed by atoms with Crippen molar-refractivity contribution >= 4 is 11.6 Å². The van der Waals surface area contributed by atoms with Crippen LogP contribution in [0.2, 0.25) is 0 Å². The fourth-order valence-corrected chi connectivity index (χ4v) is 1.85. The number of imidazole rings is 1. The second-order valence-corrected chi connectivity index (χ2v) is 4.20. The first-order chi connectivity index (χ1) is 9.72. The Morgan fingerprint density at radius 1 is 1.45 bits per heavy atom. The number of hydrogen-bond donors (Lipinski definition) is 4. The minimum atomic E-state index is -0.560. The number of carbonyl (C=O) groups is 1. The highest BCUT2D eigenvalue weighted by Crippen LogP contribution is 2.18. The number of hydrazine groups is 1. The molecule has 0 spiro atoms. The number of nitrogens with one attached hydrogen (secondary N) is 3. The van der Waals surface area contributed by atoms with Gasteiger partial charge >= 0.3 is 0 Å². The van der Waals surface area contributed by atoms with E-state index in [1.165, 1.54) is 18.2 Å². The van der Waals surface area contributed by atoms with Crippen LogP contribution in [0, 0.1) is 5.82 Å². The maximum absolute atomic E-state index is 13.5. The van der Waals surface area contributed by atoms with Crippen molar-refractivity contribution in [1.82, 2.24) is 15.3 Å². The normalized spacial score (nSPS) is 10.3. The van der Waals surface area contributed by atoms with Gasteiger partial charge in [-0.1, -0.05) is 6.07 Å². The highest BCUT2D eigenvalue weighted by molar-refractivity contribution is 5.99. The van der Waals surface area contributed by atoms with E-state index in [4.69, 9.17) is 5.84 Å². The number of hydrogen-bond acceptors (Lipinski definition) is 4. The highest BCUT2D eigenvalue weighted by Gasteiger charge is 2.13. The molecule has 0 aliphatic carbocycles. The second kappa shape index (κ2) is 6.67. The number of benzene rings is 1. The Morgan fingerprint density at radius 3 is 3.00 bits per heavy atom. The summed E-state index contributed by atoms with van der Waals surface area (Å²) < 4.78 is 13.5. The van der Waals surface area contributed by atoms with Crippen molar-refractivity contribution in [3.05, 3.63) is 47.8 Å². The largest absolute Gasteiger partial charge is 0.352 e. The smallest absolute Gasteiger partial charge is 0.253 e. The molecule has 2 aromatic rings. The number of H-pyrrole nitrogens is 1. The van der Waals surface area contributed by atoms with E-state index in [0.29, 0.717) is 6.54 Å². The average Bonchev–Trinajstić information content (AvgIpc) is 2.96. The molecule has 0 radical (unpaired) electrons. The first-order valence-electron chi connectivity index (χ1n) is 6.24. The van der Waals surface area contributed by atoms with E-state index >= 15 is 0 Å². The molecule has 106 valence electrons. The molecular formula is C13H16FN5O. The number of aryl methyl sites for hydroxylation is 1. The van der Waals surface area contributed by atoms with Gasteiger partial charge in [0.2, 0.25) is 0 Å². The van der Waals surface area contributed by atoms with Crippen molar-refractivity contribution in [2.45, 2.75) is 12.8 Å². The zero-order chi connectivity index (χ0) is 14.4. The van der Waals surface area contributed by atoms with E-state index in [0.717, 1.165) is 18.7 Å². The van der Waals surface area contributed by atoms with E-state index in [1.807, 2.05) is 0 Å². The lowest BCUT2D eigenvalue weighted by Crippen LogP contribution is -2.27. The molecule has 2 rings (SSSR count). The van der Waals surface area contributed by atoms with Gasteiger partial charge in [-0.15, -0.1) is 0 Å². The van der Waals surface area contributed by atoms with Gasteiger partial charge in [0.15, 0.2) is 0 Å². The maximum Gasteiger partial charge on any atom is 0.253 e. The van der Waals surface area contributed by atoms with Crippen molar-refractivity contribution in [3.63, 3.8) is 0 Å². The molecule has 0 aliphatic rings. The van der Waals surface area contributed by atoms with E-state index < -0.39 is 5.82 Å². The fraction of sp³-hybridized carbons (Fsp3) is 0.231. The number of halogens is 1. The Balaban J connectivity index is 1.87. The van der Waals surface area contributed by atoms with Crippen molar-refractivity contribution in [3.8, 4) is 0 Å². The molecule has 1 heterocycles. The SMILES string of the molecule is NNc1c(F)cccc1C(=O)NCCCc1ncc[nH]1. The summed E-state index contributed by atoms with van der Waals surface area (Å²) in [6.45, 7) is 0.472. The van der Waals surface area contributed by atoms with E-state index in [1.54, 1.807) is 12.4 Å². The minimum Gasteiger partial charge on any atom is -0.352 e. The number of nitrogens with two attached hydrogens (primary N) is 1. The van der Waals surface area contributed by atoms with Crippen LogP contribution in [-0.4, -0.2) is 22.4 Å². The fourth-order valence-electron chi connectivity index (χ4n) is 1.85. The van der Waals surface area contributed by atoms with Crippen LogP contribution in [0.25, 0.3) is 0 Å². The van der Waals surface area contributed by atoms with Gasteiger partial charge in [0.1, 0.15) is 11.6 Å². The lowest BCUT2D eigenvalue weighted by atomic mass is 10.1. The number of rotatable bonds is 6. The van der Waals surface area contributed by atoms with Crippen LogP contribution < -0.4 is 16.6 Å². The number of aromatic amines is 1. The van der Waals surface area contributed by atoms with Crippen LogP contribution in [0.3, 0.4) is 0 Å². The van der Waals surface area contributed by atoms with Crippen LogP contribution >= 0.6 is 0 Å². The van der Waals surface area contributed by atoms with Crippen LogP contribution in [-0.2, 0) is 6.42 Å². The standard InChI is InChI=1S/C13H16FN5O/c14-10-4-1-3-9(12(10)19-15)13(20)18-6-2-5-11-16-7-8-17-11/h1,3-4,7-8,19H,2,5-6,15H2,(H,16,17)(H,18,20). The Kier molecular flexibility index (Phi) is 4.67. The second-order valence-electron chi connectivity index (χ2n) is 4.20. The number of para-hydroxylation sites is 1. The Morgan fingerprint density at radius 2 is 2.30 bits per heavy atom. The molecule has 6 nitrogen and oxygen atoms in total. The third-order valence-corrected chi connectivity index (χ3v) is 2.83. The van der Waals surface area contributed by atoms with Gasteiger partial charge in [0.25, 0.3) is 5.91 Å². The summed E-state index contributed by atoms with van der Waals surface area (Å²) in [6, 6.07) is 4.22. The van der Waals surface area contributed by atoms with Crippen LogP contribution in [0.15, 0.2) is 30.6 Å². The van der Waals surface area contributed by atoms with Crippen molar-refractivity contribution in [1.29, 1.82) is 0 Å². The van der Waals surface area contributed by atoms with Gasteiger partial charge in [0, 0.05) is 25.4 Å². The van der Waals surface area contributed by atoms with Gasteiger partial charge in [-0.3, -0.25) is 10.6 Å². The number of carbonyl (C=O) groups excluding carboxylic acids is 1. The molecular weight excluding hydrogens is 261 g/mol. The lowest BCUT2D eigenvalue weighted by molar-refractivity contribution is 0.0953. The van der Waals surface area contributed by atoms with E-state index in [9.17, 15) is 9.18 Å². The number of amides is 1. The summed E-state index contributed by atoms with van der Waals surface area (Å²) in [5, 5.41) is 2.72. The summed E-state index contributed by atoms with van der Waals surface area (Å²) in [6.07, 6.45) is 4.90. The molecule has 0 bridgehead atoms. The predicted octanol–water partition coefficient (Wildman–Crippen LogP) is 1.20. The number of aromatic nitrogens is 2. The Bertz CT molecular complexity index is 570. The summed E-state index contributed by atoms with van der Waals surface area (Å²) in [5.41, 5.74) is 2.39. The predicted molar refractivity (Wildman–Crippen MR) is 73.5 cm³/mol. The van der Waals surface area contributed by atoms with Crippen LogP contribution in [0.4, 0.5) is 10.1 Å². The van der Waals surface area contributed by atoms with Crippen molar-refractivity contribution < 1.29 is 9.18 Å².